The molecule has 2 aliphatic carbocycles. The van der Waals surface area contributed by atoms with Crippen molar-refractivity contribution in [1.82, 2.24) is 10.2 Å². The highest BCUT2D eigenvalue weighted by Gasteiger charge is 2.57. The molecular weight excluding hydrogens is 252 g/mol. The first kappa shape index (κ1) is 13.9. The first-order chi connectivity index (χ1) is 9.59. The number of likely N-dealkylation sites (N-methyl/N-ethyl adjacent to an activating group) is 1. The van der Waals surface area contributed by atoms with Crippen LogP contribution < -0.4 is 5.32 Å². The van der Waals surface area contributed by atoms with Gasteiger partial charge in [-0.05, 0) is 51.4 Å². The van der Waals surface area contributed by atoms with E-state index in [1.807, 2.05) is 18.7 Å². The molecule has 1 saturated heterocycles. The summed E-state index contributed by atoms with van der Waals surface area (Å²) in [6.07, 6.45) is 7.95. The number of hydrogen-bond acceptors (Lipinski definition) is 2. The average Bonchev–Trinajstić information content (AvgIpc) is 3.29. The molecule has 4 heteroatoms. The van der Waals surface area contributed by atoms with Crippen LogP contribution >= 0.6 is 0 Å². The second-order valence-corrected chi connectivity index (χ2v) is 6.85. The van der Waals surface area contributed by atoms with Crippen LogP contribution in [-0.4, -0.2) is 34.8 Å². The molecule has 4 nitrogen and oxygen atoms in total. The summed E-state index contributed by atoms with van der Waals surface area (Å²) < 4.78 is 0. The number of nitrogens with one attached hydrogen (secondary N) is 1. The number of carbonyl (C=O) groups excluding carboxylic acids is 2. The predicted octanol–water partition coefficient (Wildman–Crippen LogP) is 2.08. The number of piperazine rings is 1. The fraction of sp³-hybridized carbons (Fsp3) is 0.875. The molecule has 3 fully saturated rings. The van der Waals surface area contributed by atoms with Gasteiger partial charge in [-0.15, -0.1) is 0 Å². The SMILES string of the molecule is CCN1C(=O)C(C2CCCCC2)NC(=O)C1(C)C1CC1. The molecule has 1 N–H and O–H groups in total. The van der Waals surface area contributed by atoms with Crippen molar-refractivity contribution in [3.05, 3.63) is 0 Å². The zero-order valence-electron chi connectivity index (χ0n) is 12.7. The molecule has 1 heterocycles. The molecular formula is C16H26N2O2. The predicted molar refractivity (Wildman–Crippen MR) is 77.0 cm³/mol. The zero-order chi connectivity index (χ0) is 14.3. The van der Waals surface area contributed by atoms with Crippen molar-refractivity contribution < 1.29 is 9.59 Å². The quantitative estimate of drug-likeness (QED) is 0.859. The van der Waals surface area contributed by atoms with Crippen molar-refractivity contribution >= 4 is 11.8 Å². The van der Waals surface area contributed by atoms with Gasteiger partial charge in [-0.2, -0.15) is 0 Å². The largest absolute Gasteiger partial charge is 0.342 e. The molecule has 0 spiro atoms. The van der Waals surface area contributed by atoms with E-state index in [2.05, 4.69) is 5.32 Å². The van der Waals surface area contributed by atoms with Crippen molar-refractivity contribution in [2.45, 2.75) is 70.4 Å². The second-order valence-electron chi connectivity index (χ2n) is 6.85. The van der Waals surface area contributed by atoms with E-state index >= 15 is 0 Å². The lowest BCUT2D eigenvalue weighted by molar-refractivity contribution is -0.159. The zero-order valence-corrected chi connectivity index (χ0v) is 12.7. The van der Waals surface area contributed by atoms with Crippen molar-refractivity contribution in [2.24, 2.45) is 11.8 Å². The minimum atomic E-state index is -0.600. The lowest BCUT2D eigenvalue weighted by atomic mass is 9.79. The van der Waals surface area contributed by atoms with Gasteiger partial charge in [0.05, 0.1) is 0 Å². The van der Waals surface area contributed by atoms with E-state index in [1.54, 1.807) is 0 Å². The van der Waals surface area contributed by atoms with Crippen LogP contribution in [0.15, 0.2) is 0 Å². The summed E-state index contributed by atoms with van der Waals surface area (Å²) in [6.45, 7) is 4.59. The first-order valence-electron chi connectivity index (χ1n) is 8.21. The molecule has 0 aromatic heterocycles. The van der Waals surface area contributed by atoms with Crippen molar-refractivity contribution in [3.63, 3.8) is 0 Å². The molecule has 2 amide bonds. The third-order valence-corrected chi connectivity index (χ3v) is 5.65. The van der Waals surface area contributed by atoms with Gasteiger partial charge in [0.25, 0.3) is 0 Å². The van der Waals surface area contributed by atoms with E-state index in [4.69, 9.17) is 0 Å². The van der Waals surface area contributed by atoms with Crippen LogP contribution in [0.25, 0.3) is 0 Å². The van der Waals surface area contributed by atoms with Crippen molar-refractivity contribution in [3.8, 4) is 0 Å². The van der Waals surface area contributed by atoms with Gasteiger partial charge in [0.1, 0.15) is 11.6 Å². The number of amides is 2. The Morgan fingerprint density at radius 2 is 1.80 bits per heavy atom. The van der Waals surface area contributed by atoms with E-state index < -0.39 is 5.54 Å². The second kappa shape index (κ2) is 5.05. The molecule has 0 aromatic carbocycles. The molecule has 112 valence electrons. The summed E-state index contributed by atoms with van der Waals surface area (Å²) in [5, 5.41) is 3.08. The van der Waals surface area contributed by atoms with Gasteiger partial charge < -0.3 is 10.2 Å². The lowest BCUT2D eigenvalue weighted by Crippen LogP contribution is -2.71. The maximum Gasteiger partial charge on any atom is 0.246 e. The molecule has 2 saturated carbocycles. The Bertz CT molecular complexity index is 413. The lowest BCUT2D eigenvalue weighted by Gasteiger charge is -2.48. The summed E-state index contributed by atoms with van der Waals surface area (Å²) in [7, 11) is 0. The minimum absolute atomic E-state index is 0.0806. The van der Waals surface area contributed by atoms with Crippen LogP contribution in [-0.2, 0) is 9.59 Å². The minimum Gasteiger partial charge on any atom is -0.342 e. The number of hydrogen-bond donors (Lipinski definition) is 1. The molecule has 3 aliphatic rings. The van der Waals surface area contributed by atoms with Gasteiger partial charge in [0.15, 0.2) is 0 Å². The molecule has 2 unspecified atom stereocenters. The molecule has 2 atom stereocenters. The van der Waals surface area contributed by atoms with Gasteiger partial charge in [0.2, 0.25) is 11.8 Å². The Kier molecular flexibility index (Phi) is 3.51. The Hall–Kier alpha value is -1.06. The van der Waals surface area contributed by atoms with Gasteiger partial charge in [0, 0.05) is 6.54 Å². The maximum atomic E-state index is 12.9. The highest BCUT2D eigenvalue weighted by molar-refractivity contribution is 6.00. The number of rotatable bonds is 3. The fourth-order valence-corrected chi connectivity index (χ4v) is 4.19. The number of nitrogens with zero attached hydrogens (tertiary/aromatic N) is 1. The van der Waals surface area contributed by atoms with Crippen LogP contribution in [0, 0.1) is 11.8 Å². The summed E-state index contributed by atoms with van der Waals surface area (Å²) in [5.41, 5.74) is -0.600. The van der Waals surface area contributed by atoms with E-state index in [-0.39, 0.29) is 17.9 Å². The van der Waals surface area contributed by atoms with Crippen LogP contribution in [0.5, 0.6) is 0 Å². The van der Waals surface area contributed by atoms with Gasteiger partial charge in [-0.25, -0.2) is 0 Å². The summed E-state index contributed by atoms with van der Waals surface area (Å²) >= 11 is 0. The molecule has 0 radical (unpaired) electrons. The van der Waals surface area contributed by atoms with Gasteiger partial charge in [-0.3, -0.25) is 9.59 Å². The molecule has 1 aliphatic heterocycles. The topological polar surface area (TPSA) is 49.4 Å². The normalized spacial score (nSPS) is 36.1. The molecule has 0 aromatic rings. The Balaban J connectivity index is 1.83. The summed E-state index contributed by atoms with van der Waals surface area (Å²) in [4.78, 5) is 27.4. The highest BCUT2D eigenvalue weighted by atomic mass is 16.2. The first-order valence-corrected chi connectivity index (χ1v) is 8.21. The standard InChI is InChI=1S/C16H26N2O2/c1-3-18-14(19)13(11-7-5-4-6-8-11)17-15(20)16(18,2)12-9-10-12/h11-13H,3-10H2,1-2H3,(H,17,20). The highest BCUT2D eigenvalue weighted by Crippen LogP contribution is 2.45. The van der Waals surface area contributed by atoms with E-state index in [9.17, 15) is 9.59 Å². The molecule has 3 rings (SSSR count). The van der Waals surface area contributed by atoms with Crippen molar-refractivity contribution in [2.75, 3.05) is 6.54 Å². The van der Waals surface area contributed by atoms with E-state index in [0.717, 1.165) is 25.7 Å². The van der Waals surface area contributed by atoms with Crippen LogP contribution in [0.4, 0.5) is 0 Å². The Morgan fingerprint density at radius 3 is 2.35 bits per heavy atom. The molecule has 20 heavy (non-hydrogen) atoms. The monoisotopic (exact) mass is 278 g/mol. The number of carbonyl (C=O) groups is 2. The smallest absolute Gasteiger partial charge is 0.246 e. The fourth-order valence-electron chi connectivity index (χ4n) is 4.19. The van der Waals surface area contributed by atoms with Crippen LogP contribution in [0.1, 0.15) is 58.8 Å². The Labute approximate surface area is 121 Å². The third kappa shape index (κ3) is 2.04. The summed E-state index contributed by atoms with van der Waals surface area (Å²) in [5.74, 6) is 0.946. The average molecular weight is 278 g/mol. The third-order valence-electron chi connectivity index (χ3n) is 5.65. The summed E-state index contributed by atoms with van der Waals surface area (Å²) in [6, 6.07) is -0.269. The molecule has 0 bridgehead atoms. The van der Waals surface area contributed by atoms with Crippen LogP contribution in [0.2, 0.25) is 0 Å². The van der Waals surface area contributed by atoms with E-state index in [0.29, 0.717) is 18.4 Å². The van der Waals surface area contributed by atoms with Crippen LogP contribution in [0.3, 0.4) is 0 Å². The Morgan fingerprint density at radius 1 is 1.15 bits per heavy atom. The van der Waals surface area contributed by atoms with Gasteiger partial charge >= 0.3 is 0 Å². The van der Waals surface area contributed by atoms with E-state index in [1.165, 1.54) is 19.3 Å². The van der Waals surface area contributed by atoms with Gasteiger partial charge in [-0.1, -0.05) is 19.3 Å². The maximum absolute atomic E-state index is 12.9. The van der Waals surface area contributed by atoms with Crippen molar-refractivity contribution in [1.29, 1.82) is 0 Å².